The van der Waals surface area contributed by atoms with Crippen LogP contribution >= 0.6 is 0 Å². The predicted octanol–water partition coefficient (Wildman–Crippen LogP) is 7.06. The summed E-state index contributed by atoms with van der Waals surface area (Å²) in [4.78, 5) is 12.1. The zero-order valence-corrected chi connectivity index (χ0v) is 16.4. The van der Waals surface area contributed by atoms with Crippen molar-refractivity contribution in [2.75, 3.05) is 0 Å². The fourth-order valence-electron chi connectivity index (χ4n) is 3.14. The third-order valence-corrected chi connectivity index (χ3v) is 4.61. The van der Waals surface area contributed by atoms with Gasteiger partial charge >= 0.3 is 24.5 Å². The van der Waals surface area contributed by atoms with Crippen molar-refractivity contribution in [3.05, 3.63) is 64.7 Å². The van der Waals surface area contributed by atoms with E-state index in [1.807, 2.05) is 6.92 Å². The van der Waals surface area contributed by atoms with Crippen LogP contribution in [0.15, 0.2) is 36.4 Å². The Balaban J connectivity index is 2.56. The minimum absolute atomic E-state index is 0.199. The first-order valence-corrected chi connectivity index (χ1v) is 8.98. The molecule has 2 aromatic rings. The van der Waals surface area contributed by atoms with E-state index in [9.17, 15) is 53.1 Å². The van der Waals surface area contributed by atoms with Gasteiger partial charge in [-0.3, -0.25) is 0 Å². The van der Waals surface area contributed by atoms with Gasteiger partial charge in [0.2, 0.25) is 0 Å². The number of alkyl halides is 9. The third-order valence-electron chi connectivity index (χ3n) is 4.61. The van der Waals surface area contributed by atoms with E-state index < -0.39 is 52.9 Å². The highest BCUT2D eigenvalue weighted by atomic mass is 19.4. The van der Waals surface area contributed by atoms with Gasteiger partial charge < -0.3 is 4.74 Å². The van der Waals surface area contributed by atoms with Gasteiger partial charge in [0, 0.05) is 12.1 Å². The zero-order chi connectivity index (χ0) is 25.4. The molecule has 0 aliphatic rings. The molecule has 0 aliphatic heterocycles. The molecule has 2 nitrogen and oxygen atoms in total. The Morgan fingerprint density at radius 2 is 1.21 bits per heavy atom. The van der Waals surface area contributed by atoms with Crippen LogP contribution < -0.4 is 4.74 Å². The molecule has 0 spiro atoms. The fourth-order valence-corrected chi connectivity index (χ4v) is 3.14. The quantitative estimate of drug-likeness (QED) is 0.253. The molecule has 0 heterocycles. The second-order valence-electron chi connectivity index (χ2n) is 6.84. The fraction of sp³-hybridized carbons (Fsp3) is 0.350. The normalized spacial score (nSPS) is 13.2. The first kappa shape index (κ1) is 26.4. The molecule has 0 unspecified atom stereocenters. The Labute approximate surface area is 179 Å². The molecule has 182 valence electrons. The summed E-state index contributed by atoms with van der Waals surface area (Å²) in [5.74, 6) is -8.26. The Kier molecular flexibility index (Phi) is 7.06. The summed E-state index contributed by atoms with van der Waals surface area (Å²) in [6, 6.07) is 4.73. The number of esters is 1. The highest BCUT2D eigenvalue weighted by molar-refractivity contribution is 5.91. The molecule has 0 fully saturated rings. The standard InChI is InChI=1S/C20H13F11O2/c1-2-3-10-4-6-11(7-5-10)16(32)33-12-8-13(21)15(14(22)9-12)17(18(23,24)25,19(26,27)28)20(29,30)31/h4-9H,2-3H2,1H3. The second kappa shape index (κ2) is 8.82. The molecule has 0 radical (unpaired) electrons. The molecule has 2 aromatic carbocycles. The van der Waals surface area contributed by atoms with E-state index in [0.29, 0.717) is 6.42 Å². The van der Waals surface area contributed by atoms with Crippen LogP contribution in [0.2, 0.25) is 0 Å². The molecule has 0 saturated heterocycles. The Morgan fingerprint density at radius 1 is 0.788 bits per heavy atom. The monoisotopic (exact) mass is 494 g/mol. The first-order valence-electron chi connectivity index (χ1n) is 8.98. The minimum Gasteiger partial charge on any atom is -0.423 e. The SMILES string of the molecule is CCCc1ccc(C(=O)Oc2cc(F)c(C(C(F)(F)F)(C(F)(F)F)C(F)(F)F)c(F)c2)cc1. The Morgan fingerprint density at radius 3 is 1.58 bits per heavy atom. The summed E-state index contributed by atoms with van der Waals surface area (Å²) < 4.78 is 152. The molecule has 0 aliphatic carbocycles. The van der Waals surface area contributed by atoms with E-state index in [1.54, 1.807) is 0 Å². The molecule has 0 bridgehead atoms. The van der Waals surface area contributed by atoms with Crippen molar-refractivity contribution < 1.29 is 57.8 Å². The highest BCUT2D eigenvalue weighted by Gasteiger charge is 2.85. The van der Waals surface area contributed by atoms with E-state index in [4.69, 9.17) is 0 Å². The lowest BCUT2D eigenvalue weighted by atomic mass is 9.77. The number of hydrogen-bond donors (Lipinski definition) is 0. The van der Waals surface area contributed by atoms with Crippen molar-refractivity contribution in [2.24, 2.45) is 0 Å². The number of halogens is 11. The smallest absolute Gasteiger partial charge is 0.416 e. The summed E-state index contributed by atoms with van der Waals surface area (Å²) in [6.07, 6.45) is -20.2. The predicted molar refractivity (Wildman–Crippen MR) is 91.6 cm³/mol. The number of benzene rings is 2. The van der Waals surface area contributed by atoms with E-state index in [1.165, 1.54) is 24.3 Å². The number of carbonyl (C=O) groups excluding carboxylic acids is 1. The summed E-state index contributed by atoms with van der Waals surface area (Å²) >= 11 is 0. The number of hydrogen-bond acceptors (Lipinski definition) is 2. The number of rotatable bonds is 5. The van der Waals surface area contributed by atoms with Crippen LogP contribution in [0.25, 0.3) is 0 Å². The molecule has 0 saturated carbocycles. The van der Waals surface area contributed by atoms with Crippen molar-refractivity contribution in [3.63, 3.8) is 0 Å². The van der Waals surface area contributed by atoms with Crippen molar-refractivity contribution in [1.29, 1.82) is 0 Å². The van der Waals surface area contributed by atoms with Gasteiger partial charge in [-0.1, -0.05) is 25.5 Å². The van der Waals surface area contributed by atoms with Crippen LogP contribution in [0, 0.1) is 11.6 Å². The summed E-state index contributed by atoms with van der Waals surface area (Å²) in [7, 11) is 0. The molecule has 33 heavy (non-hydrogen) atoms. The van der Waals surface area contributed by atoms with E-state index >= 15 is 0 Å². The maximum Gasteiger partial charge on any atom is 0.416 e. The van der Waals surface area contributed by atoms with Crippen molar-refractivity contribution in [1.82, 2.24) is 0 Å². The summed E-state index contributed by atoms with van der Waals surface area (Å²) in [5.41, 5.74) is -9.59. The second-order valence-corrected chi connectivity index (χ2v) is 6.84. The van der Waals surface area contributed by atoms with Crippen LogP contribution in [-0.2, 0) is 11.8 Å². The largest absolute Gasteiger partial charge is 0.423 e. The lowest BCUT2D eigenvalue weighted by Gasteiger charge is -2.39. The number of ether oxygens (including phenoxy) is 1. The zero-order valence-electron chi connectivity index (χ0n) is 16.4. The van der Waals surface area contributed by atoms with Crippen LogP contribution in [0.3, 0.4) is 0 Å². The van der Waals surface area contributed by atoms with E-state index in [0.717, 1.165) is 12.0 Å². The number of carbonyl (C=O) groups is 1. The van der Waals surface area contributed by atoms with Crippen LogP contribution in [0.5, 0.6) is 5.75 Å². The molecule has 0 N–H and O–H groups in total. The van der Waals surface area contributed by atoms with Crippen molar-refractivity contribution in [2.45, 2.75) is 43.7 Å². The van der Waals surface area contributed by atoms with E-state index in [-0.39, 0.29) is 17.7 Å². The molecule has 2 rings (SSSR count). The number of aryl methyl sites for hydroxylation is 1. The minimum atomic E-state index is -7.22. The van der Waals surface area contributed by atoms with Crippen molar-refractivity contribution in [3.8, 4) is 5.75 Å². The Hall–Kier alpha value is -2.86. The van der Waals surface area contributed by atoms with Crippen LogP contribution in [0.4, 0.5) is 48.3 Å². The molecule has 0 amide bonds. The van der Waals surface area contributed by atoms with Gasteiger partial charge in [0.05, 0.1) is 11.1 Å². The van der Waals surface area contributed by atoms with Gasteiger partial charge in [0.1, 0.15) is 17.4 Å². The average molecular weight is 494 g/mol. The summed E-state index contributed by atoms with van der Waals surface area (Å²) in [5, 5.41) is 0. The summed E-state index contributed by atoms with van der Waals surface area (Å²) in [6.45, 7) is 1.87. The van der Waals surface area contributed by atoms with Crippen LogP contribution in [0.1, 0.15) is 34.8 Å². The van der Waals surface area contributed by atoms with Gasteiger partial charge in [0.25, 0.3) is 5.41 Å². The van der Waals surface area contributed by atoms with E-state index in [2.05, 4.69) is 4.74 Å². The van der Waals surface area contributed by atoms with Gasteiger partial charge in [-0.05, 0) is 24.1 Å². The molecular weight excluding hydrogens is 481 g/mol. The first-order chi connectivity index (χ1) is 15.0. The molecule has 13 heteroatoms. The van der Waals surface area contributed by atoms with Gasteiger partial charge in [-0.25, -0.2) is 13.6 Å². The van der Waals surface area contributed by atoms with Gasteiger partial charge in [0.15, 0.2) is 0 Å². The maximum absolute atomic E-state index is 14.3. The van der Waals surface area contributed by atoms with Gasteiger partial charge in [-0.15, -0.1) is 0 Å². The third kappa shape index (κ3) is 4.76. The topological polar surface area (TPSA) is 26.3 Å². The highest BCUT2D eigenvalue weighted by Crippen LogP contribution is 2.61. The van der Waals surface area contributed by atoms with Crippen LogP contribution in [-0.4, -0.2) is 24.5 Å². The molecular formula is C20H13F11O2. The molecule has 0 atom stereocenters. The average Bonchev–Trinajstić information content (AvgIpc) is 2.62. The molecule has 0 aromatic heterocycles. The maximum atomic E-state index is 14.3. The lowest BCUT2D eigenvalue weighted by Crippen LogP contribution is -2.64. The van der Waals surface area contributed by atoms with Gasteiger partial charge in [-0.2, -0.15) is 39.5 Å². The Bertz CT molecular complexity index is 944. The lowest BCUT2D eigenvalue weighted by molar-refractivity contribution is -0.388. The van der Waals surface area contributed by atoms with Crippen molar-refractivity contribution >= 4 is 5.97 Å².